The lowest BCUT2D eigenvalue weighted by molar-refractivity contribution is -0.115. The largest absolute Gasteiger partial charge is 0.325 e. The summed E-state index contributed by atoms with van der Waals surface area (Å²) in [6.07, 6.45) is 0. The molecular formula is C16H15Cl2FN2O. The molecule has 0 radical (unpaired) electrons. The van der Waals surface area contributed by atoms with Crippen molar-refractivity contribution < 1.29 is 9.18 Å². The number of anilines is 1. The van der Waals surface area contributed by atoms with E-state index in [0.717, 1.165) is 5.56 Å². The van der Waals surface area contributed by atoms with Crippen molar-refractivity contribution in [3.8, 4) is 0 Å². The summed E-state index contributed by atoms with van der Waals surface area (Å²) in [5.74, 6) is -0.752. The second kappa shape index (κ2) is 7.58. The van der Waals surface area contributed by atoms with Crippen LogP contribution in [0, 0.1) is 5.82 Å². The van der Waals surface area contributed by atoms with Crippen LogP contribution in [0.2, 0.25) is 10.0 Å². The summed E-state index contributed by atoms with van der Waals surface area (Å²) >= 11 is 11.5. The van der Waals surface area contributed by atoms with Gasteiger partial charge in [0.25, 0.3) is 0 Å². The zero-order chi connectivity index (χ0) is 16.1. The molecule has 1 amide bonds. The molecule has 2 aromatic carbocycles. The van der Waals surface area contributed by atoms with Crippen molar-refractivity contribution in [2.75, 3.05) is 11.9 Å². The number of hydrogen-bond acceptors (Lipinski definition) is 2. The fourth-order valence-corrected chi connectivity index (χ4v) is 2.20. The minimum Gasteiger partial charge on any atom is -0.325 e. The zero-order valence-corrected chi connectivity index (χ0v) is 13.4. The van der Waals surface area contributed by atoms with E-state index in [1.54, 1.807) is 12.1 Å². The van der Waals surface area contributed by atoms with Gasteiger partial charge in [-0.25, -0.2) is 4.39 Å². The van der Waals surface area contributed by atoms with Crippen molar-refractivity contribution in [2.45, 2.75) is 13.0 Å². The van der Waals surface area contributed by atoms with Crippen LogP contribution in [0.3, 0.4) is 0 Å². The number of amides is 1. The van der Waals surface area contributed by atoms with Gasteiger partial charge in [-0.05, 0) is 42.8 Å². The summed E-state index contributed by atoms with van der Waals surface area (Å²) in [7, 11) is 0. The monoisotopic (exact) mass is 340 g/mol. The Kier molecular flexibility index (Phi) is 5.77. The molecule has 1 atom stereocenters. The van der Waals surface area contributed by atoms with Gasteiger partial charge < -0.3 is 10.6 Å². The van der Waals surface area contributed by atoms with Gasteiger partial charge in [-0.1, -0.05) is 35.3 Å². The number of hydrogen-bond donors (Lipinski definition) is 2. The van der Waals surface area contributed by atoms with Crippen molar-refractivity contribution >= 4 is 34.8 Å². The maximum atomic E-state index is 13.0. The molecule has 2 aromatic rings. The Hall–Kier alpha value is -1.62. The van der Waals surface area contributed by atoms with Crippen LogP contribution >= 0.6 is 23.2 Å². The molecule has 2 N–H and O–H groups in total. The van der Waals surface area contributed by atoms with Gasteiger partial charge >= 0.3 is 0 Å². The maximum Gasteiger partial charge on any atom is 0.238 e. The number of halogens is 3. The number of carbonyl (C=O) groups excluding carboxylic acids is 1. The predicted molar refractivity (Wildman–Crippen MR) is 87.9 cm³/mol. The first kappa shape index (κ1) is 16.7. The third-order valence-electron chi connectivity index (χ3n) is 3.14. The van der Waals surface area contributed by atoms with E-state index in [4.69, 9.17) is 23.2 Å². The minimum absolute atomic E-state index is 0.000164. The molecule has 0 aromatic heterocycles. The Morgan fingerprint density at radius 3 is 2.50 bits per heavy atom. The fourth-order valence-electron chi connectivity index (χ4n) is 1.89. The first-order chi connectivity index (χ1) is 10.5. The highest BCUT2D eigenvalue weighted by molar-refractivity contribution is 6.31. The standard InChI is InChI=1S/C16H15Cl2FN2O/c1-10(11-2-4-12(17)5-3-11)20-9-16(22)21-13-6-7-15(19)14(18)8-13/h2-8,10,20H,9H2,1H3,(H,21,22)/t10-/m1/s1. The molecule has 0 saturated carbocycles. The average molecular weight is 341 g/mol. The molecule has 3 nitrogen and oxygen atoms in total. The zero-order valence-electron chi connectivity index (χ0n) is 11.9. The highest BCUT2D eigenvalue weighted by Crippen LogP contribution is 2.19. The molecule has 22 heavy (non-hydrogen) atoms. The summed E-state index contributed by atoms with van der Waals surface area (Å²) in [5.41, 5.74) is 1.49. The molecular weight excluding hydrogens is 326 g/mol. The first-order valence-corrected chi connectivity index (χ1v) is 7.45. The summed E-state index contributed by atoms with van der Waals surface area (Å²) in [6.45, 7) is 2.07. The van der Waals surface area contributed by atoms with Crippen LogP contribution in [0.4, 0.5) is 10.1 Å². The van der Waals surface area contributed by atoms with Crippen LogP contribution in [0.25, 0.3) is 0 Å². The first-order valence-electron chi connectivity index (χ1n) is 6.69. The molecule has 0 fully saturated rings. The number of carbonyl (C=O) groups is 1. The Bertz CT molecular complexity index is 662. The van der Waals surface area contributed by atoms with Crippen molar-refractivity contribution in [2.24, 2.45) is 0 Å². The molecule has 0 aliphatic heterocycles. The number of benzene rings is 2. The fraction of sp³-hybridized carbons (Fsp3) is 0.188. The van der Waals surface area contributed by atoms with Gasteiger partial charge in [0.1, 0.15) is 5.82 Å². The lowest BCUT2D eigenvalue weighted by Crippen LogP contribution is -2.30. The van der Waals surface area contributed by atoms with E-state index in [9.17, 15) is 9.18 Å². The minimum atomic E-state index is -0.519. The van der Waals surface area contributed by atoms with E-state index in [1.807, 2.05) is 19.1 Å². The normalized spacial score (nSPS) is 12.0. The molecule has 0 heterocycles. The van der Waals surface area contributed by atoms with Gasteiger partial charge in [0.2, 0.25) is 5.91 Å². The van der Waals surface area contributed by atoms with Crippen molar-refractivity contribution in [1.82, 2.24) is 5.32 Å². The van der Waals surface area contributed by atoms with Crippen LogP contribution in [0.5, 0.6) is 0 Å². The Balaban J connectivity index is 1.86. The maximum absolute atomic E-state index is 13.0. The van der Waals surface area contributed by atoms with Crippen molar-refractivity contribution in [1.29, 1.82) is 0 Å². The molecule has 116 valence electrons. The van der Waals surface area contributed by atoms with Crippen LogP contribution < -0.4 is 10.6 Å². The van der Waals surface area contributed by atoms with E-state index < -0.39 is 5.82 Å². The van der Waals surface area contributed by atoms with Gasteiger partial charge in [-0.3, -0.25) is 4.79 Å². The molecule has 6 heteroatoms. The predicted octanol–water partition coefficient (Wildman–Crippen LogP) is 4.42. The molecule has 0 spiro atoms. The van der Waals surface area contributed by atoms with E-state index in [2.05, 4.69) is 10.6 Å². The van der Waals surface area contributed by atoms with Crippen LogP contribution in [-0.2, 0) is 4.79 Å². The van der Waals surface area contributed by atoms with Crippen molar-refractivity contribution in [3.05, 3.63) is 63.9 Å². The lowest BCUT2D eigenvalue weighted by Gasteiger charge is -2.14. The van der Waals surface area contributed by atoms with Gasteiger partial charge in [-0.15, -0.1) is 0 Å². The van der Waals surface area contributed by atoms with Crippen LogP contribution in [0.1, 0.15) is 18.5 Å². The summed E-state index contributed by atoms with van der Waals surface area (Å²) in [6, 6.07) is 11.4. The smallest absolute Gasteiger partial charge is 0.238 e. The van der Waals surface area contributed by atoms with Gasteiger partial charge in [0.05, 0.1) is 11.6 Å². The third kappa shape index (κ3) is 4.70. The quantitative estimate of drug-likeness (QED) is 0.845. The Labute approximate surface area is 138 Å². The highest BCUT2D eigenvalue weighted by Gasteiger charge is 2.09. The Morgan fingerprint density at radius 2 is 1.86 bits per heavy atom. The molecule has 0 unspecified atom stereocenters. The van der Waals surface area contributed by atoms with Gasteiger partial charge in [-0.2, -0.15) is 0 Å². The van der Waals surface area contributed by atoms with Crippen molar-refractivity contribution in [3.63, 3.8) is 0 Å². The van der Waals surface area contributed by atoms with E-state index in [-0.39, 0.29) is 23.5 Å². The Morgan fingerprint density at radius 1 is 1.18 bits per heavy atom. The average Bonchev–Trinajstić information content (AvgIpc) is 2.49. The SMILES string of the molecule is C[C@@H](NCC(=O)Nc1ccc(F)c(Cl)c1)c1ccc(Cl)cc1. The highest BCUT2D eigenvalue weighted by atomic mass is 35.5. The topological polar surface area (TPSA) is 41.1 Å². The summed E-state index contributed by atoms with van der Waals surface area (Å²) < 4.78 is 13.0. The van der Waals surface area contributed by atoms with E-state index in [1.165, 1.54) is 18.2 Å². The van der Waals surface area contributed by atoms with Gasteiger partial charge in [0, 0.05) is 16.8 Å². The molecule has 0 aliphatic carbocycles. The van der Waals surface area contributed by atoms with Crippen LogP contribution in [0.15, 0.2) is 42.5 Å². The number of rotatable bonds is 5. The lowest BCUT2D eigenvalue weighted by atomic mass is 10.1. The van der Waals surface area contributed by atoms with E-state index >= 15 is 0 Å². The molecule has 2 rings (SSSR count). The second-order valence-electron chi connectivity index (χ2n) is 4.83. The molecule has 0 aliphatic rings. The summed E-state index contributed by atoms with van der Waals surface area (Å²) in [5, 5.41) is 6.40. The van der Waals surface area contributed by atoms with Gasteiger partial charge in [0.15, 0.2) is 0 Å². The molecule has 0 saturated heterocycles. The van der Waals surface area contributed by atoms with E-state index in [0.29, 0.717) is 10.7 Å². The molecule has 0 bridgehead atoms. The van der Waals surface area contributed by atoms with Crippen LogP contribution in [-0.4, -0.2) is 12.5 Å². The summed E-state index contributed by atoms with van der Waals surface area (Å²) in [4.78, 5) is 11.9. The third-order valence-corrected chi connectivity index (χ3v) is 3.68. The second-order valence-corrected chi connectivity index (χ2v) is 5.67. The number of nitrogens with one attached hydrogen (secondary N) is 2.